The number of ether oxygens (including phenoxy) is 1. The number of hydrogen-bond acceptors (Lipinski definition) is 4. The van der Waals surface area contributed by atoms with Gasteiger partial charge in [-0.3, -0.25) is 0 Å². The van der Waals surface area contributed by atoms with E-state index in [1.807, 2.05) is 18.2 Å². The summed E-state index contributed by atoms with van der Waals surface area (Å²) in [7, 11) is 1.39. The highest BCUT2D eigenvalue weighted by Gasteiger charge is 2.30. The van der Waals surface area contributed by atoms with Gasteiger partial charge in [0.1, 0.15) is 5.76 Å². The van der Waals surface area contributed by atoms with Gasteiger partial charge in [-0.1, -0.05) is 12.1 Å². The Bertz CT molecular complexity index is 749. The van der Waals surface area contributed by atoms with E-state index in [0.717, 1.165) is 30.0 Å². The van der Waals surface area contributed by atoms with Crippen molar-refractivity contribution in [3.63, 3.8) is 0 Å². The number of benzene rings is 1. The average molecular weight is 309 g/mol. The highest BCUT2D eigenvalue weighted by molar-refractivity contribution is 5.90. The van der Waals surface area contributed by atoms with Crippen LogP contribution in [0.3, 0.4) is 0 Å². The number of esters is 1. The van der Waals surface area contributed by atoms with Crippen molar-refractivity contribution in [2.45, 2.75) is 12.8 Å². The first-order valence-electron chi connectivity index (χ1n) is 7.98. The molecule has 3 aliphatic heterocycles. The first kappa shape index (κ1) is 14.1. The van der Waals surface area contributed by atoms with E-state index in [0.29, 0.717) is 11.5 Å². The largest absolute Gasteiger partial charge is 0.465 e. The molecule has 1 aromatic carbocycles. The SMILES string of the molecule is COC(=O)c1ccc(-c2ccoc2C2=CN3CCC2CC3)cc1. The van der Waals surface area contributed by atoms with Gasteiger partial charge in [-0.25, -0.2) is 4.79 Å². The van der Waals surface area contributed by atoms with Crippen LogP contribution >= 0.6 is 0 Å². The molecule has 5 rings (SSSR count). The number of furan rings is 1. The third kappa shape index (κ3) is 2.44. The second-order valence-corrected chi connectivity index (χ2v) is 6.13. The van der Waals surface area contributed by atoms with Gasteiger partial charge < -0.3 is 14.1 Å². The number of nitrogens with zero attached hydrogens (tertiary/aromatic N) is 1. The average Bonchev–Trinajstić information content (AvgIpc) is 3.12. The van der Waals surface area contributed by atoms with Crippen LogP contribution in [-0.2, 0) is 4.74 Å². The first-order chi connectivity index (χ1) is 11.3. The Morgan fingerprint density at radius 2 is 1.91 bits per heavy atom. The topological polar surface area (TPSA) is 42.7 Å². The molecule has 0 N–H and O–H groups in total. The minimum Gasteiger partial charge on any atom is -0.465 e. The van der Waals surface area contributed by atoms with E-state index in [1.165, 1.54) is 25.5 Å². The fourth-order valence-electron chi connectivity index (χ4n) is 3.55. The summed E-state index contributed by atoms with van der Waals surface area (Å²) in [5.41, 5.74) is 4.00. The Morgan fingerprint density at radius 3 is 2.52 bits per heavy atom. The Hall–Kier alpha value is -2.49. The molecule has 2 bridgehead atoms. The maximum absolute atomic E-state index is 11.6. The fourth-order valence-corrected chi connectivity index (χ4v) is 3.55. The van der Waals surface area contributed by atoms with E-state index in [-0.39, 0.29) is 5.97 Å². The highest BCUT2D eigenvalue weighted by Crippen LogP contribution is 2.41. The molecule has 1 saturated heterocycles. The molecule has 0 spiro atoms. The zero-order chi connectivity index (χ0) is 15.8. The van der Waals surface area contributed by atoms with Crippen LogP contribution in [0, 0.1) is 5.92 Å². The molecule has 0 saturated carbocycles. The van der Waals surface area contributed by atoms with E-state index >= 15 is 0 Å². The second kappa shape index (κ2) is 5.61. The van der Waals surface area contributed by atoms with Gasteiger partial charge in [0.15, 0.2) is 0 Å². The van der Waals surface area contributed by atoms with Gasteiger partial charge in [0.25, 0.3) is 0 Å². The molecule has 1 aromatic heterocycles. The molecule has 4 heteroatoms. The second-order valence-electron chi connectivity index (χ2n) is 6.13. The molecule has 1 fully saturated rings. The zero-order valence-electron chi connectivity index (χ0n) is 13.1. The number of allylic oxidation sites excluding steroid dienone is 1. The van der Waals surface area contributed by atoms with Crippen LogP contribution in [0.5, 0.6) is 0 Å². The predicted molar refractivity (Wildman–Crippen MR) is 87.8 cm³/mol. The minimum atomic E-state index is -0.316. The maximum Gasteiger partial charge on any atom is 0.337 e. The molecule has 3 aliphatic rings. The maximum atomic E-state index is 11.6. The number of hydrogen-bond donors (Lipinski definition) is 0. The lowest BCUT2D eigenvalue weighted by molar-refractivity contribution is 0.0601. The van der Waals surface area contributed by atoms with Gasteiger partial charge in [0.05, 0.1) is 18.9 Å². The van der Waals surface area contributed by atoms with E-state index in [2.05, 4.69) is 11.1 Å². The normalized spacial score (nSPS) is 17.3. The molecule has 4 heterocycles. The van der Waals surface area contributed by atoms with Gasteiger partial charge in [-0.05, 0) is 42.5 Å². The summed E-state index contributed by atoms with van der Waals surface area (Å²) in [6.07, 6.45) is 6.40. The van der Waals surface area contributed by atoms with Crippen molar-refractivity contribution in [1.29, 1.82) is 0 Å². The monoisotopic (exact) mass is 309 g/mol. The van der Waals surface area contributed by atoms with Crippen LogP contribution < -0.4 is 0 Å². The van der Waals surface area contributed by atoms with Crippen molar-refractivity contribution in [2.24, 2.45) is 5.92 Å². The Kier molecular flexibility index (Phi) is 3.45. The summed E-state index contributed by atoms with van der Waals surface area (Å²) in [5.74, 6) is 1.24. The number of carbonyl (C=O) groups is 1. The lowest BCUT2D eigenvalue weighted by Gasteiger charge is -2.38. The first-order valence-corrected chi connectivity index (χ1v) is 7.98. The summed E-state index contributed by atoms with van der Waals surface area (Å²) < 4.78 is 10.6. The van der Waals surface area contributed by atoms with Gasteiger partial charge in [-0.2, -0.15) is 0 Å². The molecule has 2 aromatic rings. The third-order valence-electron chi connectivity index (χ3n) is 4.84. The quantitative estimate of drug-likeness (QED) is 0.809. The molecule has 0 unspecified atom stereocenters. The number of methoxy groups -OCH3 is 1. The Balaban J connectivity index is 1.69. The van der Waals surface area contributed by atoms with Crippen molar-refractivity contribution in [2.75, 3.05) is 20.2 Å². The lowest BCUT2D eigenvalue weighted by atomic mass is 9.83. The molecule has 0 atom stereocenters. The van der Waals surface area contributed by atoms with E-state index < -0.39 is 0 Å². The molecule has 4 nitrogen and oxygen atoms in total. The summed E-state index contributed by atoms with van der Waals surface area (Å²) in [6.45, 7) is 2.30. The number of fused-ring (bicyclic) bond motifs is 2. The van der Waals surface area contributed by atoms with E-state index in [9.17, 15) is 4.79 Å². The molecule has 0 radical (unpaired) electrons. The van der Waals surface area contributed by atoms with Crippen molar-refractivity contribution in [3.05, 3.63) is 54.1 Å². The van der Waals surface area contributed by atoms with Gasteiger partial charge in [0.2, 0.25) is 0 Å². The lowest BCUT2D eigenvalue weighted by Crippen LogP contribution is -2.35. The van der Waals surface area contributed by atoms with E-state index in [4.69, 9.17) is 9.15 Å². The van der Waals surface area contributed by atoms with E-state index in [1.54, 1.807) is 18.4 Å². The highest BCUT2D eigenvalue weighted by atomic mass is 16.5. The molecule has 0 amide bonds. The van der Waals surface area contributed by atoms with Crippen LogP contribution in [0.15, 0.2) is 47.2 Å². The summed E-state index contributed by atoms with van der Waals surface area (Å²) in [6, 6.07) is 9.48. The van der Waals surface area contributed by atoms with Gasteiger partial charge in [0, 0.05) is 30.4 Å². The van der Waals surface area contributed by atoms with Crippen molar-refractivity contribution in [3.8, 4) is 11.1 Å². The van der Waals surface area contributed by atoms with Gasteiger partial charge in [-0.15, -0.1) is 0 Å². The summed E-state index contributed by atoms with van der Waals surface area (Å²) in [5, 5.41) is 0. The summed E-state index contributed by atoms with van der Waals surface area (Å²) in [4.78, 5) is 13.9. The van der Waals surface area contributed by atoms with Crippen molar-refractivity contribution in [1.82, 2.24) is 4.90 Å². The number of rotatable bonds is 3. The minimum absolute atomic E-state index is 0.316. The van der Waals surface area contributed by atoms with Crippen molar-refractivity contribution < 1.29 is 13.9 Å². The zero-order valence-corrected chi connectivity index (χ0v) is 13.1. The molecule has 118 valence electrons. The number of piperidine rings is 1. The van der Waals surface area contributed by atoms with Gasteiger partial charge >= 0.3 is 5.97 Å². The molecule has 0 aliphatic carbocycles. The number of carbonyl (C=O) groups excluding carboxylic acids is 1. The van der Waals surface area contributed by atoms with Crippen LogP contribution in [-0.4, -0.2) is 31.1 Å². The molecular formula is C19H19NO3. The fraction of sp³-hybridized carbons (Fsp3) is 0.316. The standard InChI is InChI=1S/C19H19NO3/c1-22-19(21)15-4-2-13(3-5-15)16-8-11-23-18(16)17-12-20-9-6-14(17)7-10-20/h2-5,8,11-12,14H,6-7,9-10H2,1H3. The molecular weight excluding hydrogens is 290 g/mol. The molecule has 23 heavy (non-hydrogen) atoms. The Labute approximate surface area is 135 Å². The van der Waals surface area contributed by atoms with Crippen LogP contribution in [0.25, 0.3) is 16.7 Å². The smallest absolute Gasteiger partial charge is 0.337 e. The van der Waals surface area contributed by atoms with Crippen LogP contribution in [0.4, 0.5) is 0 Å². The Morgan fingerprint density at radius 1 is 1.17 bits per heavy atom. The summed E-state index contributed by atoms with van der Waals surface area (Å²) >= 11 is 0. The third-order valence-corrected chi connectivity index (χ3v) is 4.84. The predicted octanol–water partition coefficient (Wildman–Crippen LogP) is 3.80. The van der Waals surface area contributed by atoms with Crippen LogP contribution in [0.2, 0.25) is 0 Å². The van der Waals surface area contributed by atoms with Crippen molar-refractivity contribution >= 4 is 11.5 Å². The van der Waals surface area contributed by atoms with Crippen LogP contribution in [0.1, 0.15) is 29.0 Å².